The van der Waals surface area contributed by atoms with Crippen LogP contribution in [0.2, 0.25) is 0 Å². The lowest BCUT2D eigenvalue weighted by atomic mass is 10.0. The molecule has 226 valence electrons. The molecular formula is C33H28F2N2O5S2. The van der Waals surface area contributed by atoms with Gasteiger partial charge in [0, 0.05) is 24.2 Å². The Balaban J connectivity index is 1.41. The Bertz CT molecular complexity index is 2010. The van der Waals surface area contributed by atoms with Gasteiger partial charge >= 0.3 is 0 Å². The van der Waals surface area contributed by atoms with E-state index in [4.69, 9.17) is 4.74 Å². The van der Waals surface area contributed by atoms with Gasteiger partial charge in [-0.3, -0.25) is 9.44 Å². The Morgan fingerprint density at radius 2 is 1.07 bits per heavy atom. The second kappa shape index (κ2) is 12.9. The Morgan fingerprint density at radius 3 is 1.55 bits per heavy atom. The summed E-state index contributed by atoms with van der Waals surface area (Å²) in [5.74, 6) is -1.09. The fraction of sp³-hybridized carbons (Fsp3) is 0.0909. The maximum absolute atomic E-state index is 14.6. The van der Waals surface area contributed by atoms with Gasteiger partial charge in [0.2, 0.25) is 0 Å². The molecule has 0 spiro atoms. The van der Waals surface area contributed by atoms with Crippen LogP contribution in [0.15, 0.2) is 125 Å². The summed E-state index contributed by atoms with van der Waals surface area (Å²) >= 11 is 0. The highest BCUT2D eigenvalue weighted by Crippen LogP contribution is 2.30. The quantitative estimate of drug-likeness (QED) is 0.167. The SMILES string of the molecule is COc1ccc(S(=O)(=O)Nc2ccc(F)c(Cc3ccccc3)c2)cc1S(=O)(=O)Nc1ccc(F)c(Cc2ccccc2)c1. The molecule has 0 aromatic heterocycles. The predicted molar refractivity (Wildman–Crippen MR) is 166 cm³/mol. The minimum Gasteiger partial charge on any atom is -0.495 e. The van der Waals surface area contributed by atoms with Gasteiger partial charge in [-0.15, -0.1) is 0 Å². The van der Waals surface area contributed by atoms with Crippen LogP contribution in [0, 0.1) is 11.6 Å². The van der Waals surface area contributed by atoms with E-state index in [1.54, 1.807) is 0 Å². The van der Waals surface area contributed by atoms with Gasteiger partial charge in [-0.25, -0.2) is 25.6 Å². The summed E-state index contributed by atoms with van der Waals surface area (Å²) in [5.41, 5.74) is 2.43. The van der Waals surface area contributed by atoms with Crippen LogP contribution in [-0.4, -0.2) is 23.9 Å². The Hall–Kier alpha value is -4.74. The van der Waals surface area contributed by atoms with Gasteiger partial charge in [0.1, 0.15) is 22.3 Å². The van der Waals surface area contributed by atoms with E-state index in [0.717, 1.165) is 23.3 Å². The Morgan fingerprint density at radius 1 is 0.591 bits per heavy atom. The van der Waals surface area contributed by atoms with E-state index in [0.29, 0.717) is 0 Å². The first-order valence-electron chi connectivity index (χ1n) is 13.4. The molecule has 0 atom stereocenters. The number of rotatable bonds is 11. The molecule has 11 heteroatoms. The second-order valence-corrected chi connectivity index (χ2v) is 13.3. The van der Waals surface area contributed by atoms with Gasteiger partial charge in [-0.05, 0) is 76.9 Å². The average molecular weight is 635 g/mol. The van der Waals surface area contributed by atoms with E-state index >= 15 is 0 Å². The molecule has 0 bridgehead atoms. The zero-order chi connectivity index (χ0) is 31.3. The van der Waals surface area contributed by atoms with Crippen molar-refractivity contribution < 1.29 is 30.4 Å². The summed E-state index contributed by atoms with van der Waals surface area (Å²) in [6.45, 7) is 0. The van der Waals surface area contributed by atoms with Gasteiger partial charge < -0.3 is 4.74 Å². The molecule has 0 aliphatic carbocycles. The number of anilines is 2. The highest BCUT2D eigenvalue weighted by Gasteiger charge is 2.25. The Kier molecular flexibility index (Phi) is 8.98. The molecule has 44 heavy (non-hydrogen) atoms. The molecule has 0 fully saturated rings. The molecule has 0 aliphatic rings. The molecule has 0 saturated heterocycles. The predicted octanol–water partition coefficient (Wildman–Crippen LogP) is 6.76. The molecule has 0 amide bonds. The molecule has 0 unspecified atom stereocenters. The fourth-order valence-electron chi connectivity index (χ4n) is 4.64. The van der Waals surface area contributed by atoms with Gasteiger partial charge in [0.05, 0.1) is 12.0 Å². The minimum absolute atomic E-state index is 0.0861. The summed E-state index contributed by atoms with van der Waals surface area (Å²) in [7, 11) is -7.46. The van der Waals surface area contributed by atoms with E-state index in [9.17, 15) is 25.6 Å². The van der Waals surface area contributed by atoms with Crippen LogP contribution in [0.4, 0.5) is 20.2 Å². The van der Waals surface area contributed by atoms with E-state index in [1.165, 1.54) is 49.6 Å². The molecule has 0 radical (unpaired) electrons. The normalized spacial score (nSPS) is 11.6. The van der Waals surface area contributed by atoms with Crippen molar-refractivity contribution in [2.45, 2.75) is 22.6 Å². The molecule has 2 N–H and O–H groups in total. The molecule has 0 heterocycles. The summed E-state index contributed by atoms with van der Waals surface area (Å²) < 4.78 is 92.8. The zero-order valence-electron chi connectivity index (χ0n) is 23.5. The lowest BCUT2D eigenvalue weighted by molar-refractivity contribution is 0.402. The third-order valence-corrected chi connectivity index (χ3v) is 9.59. The molecule has 0 saturated carbocycles. The van der Waals surface area contributed by atoms with Crippen molar-refractivity contribution >= 4 is 31.4 Å². The van der Waals surface area contributed by atoms with Crippen LogP contribution in [0.5, 0.6) is 5.75 Å². The highest BCUT2D eigenvalue weighted by atomic mass is 32.2. The van der Waals surface area contributed by atoms with E-state index < -0.39 is 36.6 Å². The Labute approximate surface area is 255 Å². The first-order valence-corrected chi connectivity index (χ1v) is 16.4. The first-order chi connectivity index (χ1) is 21.0. The van der Waals surface area contributed by atoms with Crippen LogP contribution < -0.4 is 14.2 Å². The third-order valence-electron chi connectivity index (χ3n) is 6.81. The van der Waals surface area contributed by atoms with Gasteiger partial charge in [-0.1, -0.05) is 60.7 Å². The van der Waals surface area contributed by atoms with Crippen molar-refractivity contribution in [3.63, 3.8) is 0 Å². The highest BCUT2D eigenvalue weighted by molar-refractivity contribution is 7.93. The van der Waals surface area contributed by atoms with E-state index in [1.807, 2.05) is 60.7 Å². The van der Waals surface area contributed by atoms with Crippen LogP contribution in [0.3, 0.4) is 0 Å². The molecule has 5 aromatic rings. The summed E-state index contributed by atoms with van der Waals surface area (Å²) in [6, 6.07) is 29.3. The van der Waals surface area contributed by atoms with Crippen molar-refractivity contribution in [3.05, 3.63) is 149 Å². The molecule has 5 rings (SSSR count). The van der Waals surface area contributed by atoms with Crippen molar-refractivity contribution in [2.75, 3.05) is 16.6 Å². The summed E-state index contributed by atoms with van der Waals surface area (Å²) in [6.07, 6.45) is 0.483. The van der Waals surface area contributed by atoms with Crippen molar-refractivity contribution in [3.8, 4) is 5.75 Å². The van der Waals surface area contributed by atoms with Gasteiger partial charge in [-0.2, -0.15) is 0 Å². The maximum atomic E-state index is 14.6. The summed E-state index contributed by atoms with van der Waals surface area (Å²) in [4.78, 5) is -0.808. The van der Waals surface area contributed by atoms with Crippen LogP contribution >= 0.6 is 0 Å². The van der Waals surface area contributed by atoms with Gasteiger partial charge in [0.25, 0.3) is 20.0 Å². The maximum Gasteiger partial charge on any atom is 0.265 e. The monoisotopic (exact) mass is 634 g/mol. The number of hydrogen-bond acceptors (Lipinski definition) is 5. The standard InChI is InChI=1S/C33H28F2N2O5S2/c1-42-32-17-14-29(43(38,39)36-27-12-15-30(34)25(20-27)18-23-8-4-2-5-9-23)22-33(32)44(40,41)37-28-13-16-31(35)26(21-28)19-24-10-6-3-7-11-24/h2-17,20-22,36-37H,18-19H2,1H3. The third kappa shape index (κ3) is 7.24. The number of hydrogen-bond donors (Lipinski definition) is 2. The molecular weight excluding hydrogens is 607 g/mol. The van der Waals surface area contributed by atoms with Crippen molar-refractivity contribution in [1.82, 2.24) is 0 Å². The number of halogens is 2. The van der Waals surface area contributed by atoms with Crippen LogP contribution in [0.1, 0.15) is 22.3 Å². The molecule has 5 aromatic carbocycles. The number of nitrogens with one attached hydrogen (secondary N) is 2. The smallest absolute Gasteiger partial charge is 0.265 e. The van der Waals surface area contributed by atoms with Crippen LogP contribution in [0.25, 0.3) is 0 Å². The number of benzene rings is 5. The molecule has 7 nitrogen and oxygen atoms in total. The zero-order valence-corrected chi connectivity index (χ0v) is 25.1. The van der Waals surface area contributed by atoms with Crippen molar-refractivity contribution in [2.24, 2.45) is 0 Å². The lowest BCUT2D eigenvalue weighted by Gasteiger charge is -2.15. The second-order valence-electron chi connectivity index (χ2n) is 9.96. The lowest BCUT2D eigenvalue weighted by Crippen LogP contribution is -2.17. The van der Waals surface area contributed by atoms with E-state index in [2.05, 4.69) is 9.44 Å². The van der Waals surface area contributed by atoms with Crippen molar-refractivity contribution in [1.29, 1.82) is 0 Å². The fourth-order valence-corrected chi connectivity index (χ4v) is 7.03. The number of sulfonamides is 2. The largest absolute Gasteiger partial charge is 0.495 e. The molecule has 0 aliphatic heterocycles. The van der Waals surface area contributed by atoms with E-state index in [-0.39, 0.29) is 46.0 Å². The first kappa shape index (κ1) is 30.7. The summed E-state index contributed by atoms with van der Waals surface area (Å²) in [5, 5.41) is 0. The topological polar surface area (TPSA) is 102 Å². The number of ether oxygens (including phenoxy) is 1. The van der Waals surface area contributed by atoms with Gasteiger partial charge in [0.15, 0.2) is 0 Å². The minimum atomic E-state index is -4.40. The average Bonchev–Trinajstić information content (AvgIpc) is 3.01. The van der Waals surface area contributed by atoms with Crippen LogP contribution in [-0.2, 0) is 32.9 Å². The number of methoxy groups -OCH3 is 1.